The number of nitriles is 1. The first-order valence-corrected chi connectivity index (χ1v) is 18.4. The second-order valence-electron chi connectivity index (χ2n) is 11.8. The second-order valence-corrected chi connectivity index (χ2v) is 13.8. The molecule has 23 heteroatoms. The largest absolute Gasteiger partial charge is 0.812 e. The molecule has 0 spiro atoms. The predicted octanol–water partition coefficient (Wildman–Crippen LogP) is 7.04. The molecule has 2 atom stereocenters. The number of hydrogen-bond acceptors (Lipinski definition) is 18. The number of hydrogen-bond donors (Lipinski definition) is 1. The first-order chi connectivity index (χ1) is 28.2. The summed E-state index contributed by atoms with van der Waals surface area (Å²) in [5.74, 6) is -0.590. The van der Waals surface area contributed by atoms with Crippen LogP contribution in [-0.4, -0.2) is 52.7 Å². The lowest BCUT2D eigenvalue weighted by molar-refractivity contribution is -0.379. The van der Waals surface area contributed by atoms with E-state index in [0.29, 0.717) is 23.1 Å². The number of nitrogens with zero attached hydrogens (tertiary/aromatic N) is 8. The minimum absolute atomic E-state index is 0.0411. The van der Waals surface area contributed by atoms with Gasteiger partial charge in [-0.05, 0) is 11.3 Å². The zero-order valence-corrected chi connectivity index (χ0v) is 30.8. The molecule has 4 aromatic carbocycles. The number of nitro groups is 1. The standard InChI is InChI=1S/C35H21B2F2N9O8S2/c38-36-51-42-27(22-13-5-1-6-14-22)29(24-17-9-3-10-18-24)44-53-37(39,54-45-30(25-19-11-4-12-20-25)28(43-52-36)23-15-7-2-8-16-23)56-47-34-33(46-55-36)41-31-32(58-34)26(21-40)57-35(31)48(49)50/h1-20H,(H,41,46)/q-2/b42-27-,43-28?,44-29?,45-30-,47-34+. The molecular formula is C35H21B2F2N9O8S2-2. The van der Waals surface area contributed by atoms with Crippen LogP contribution in [0.3, 0.4) is 0 Å². The Kier molecular flexibility index (Phi) is 10.3. The van der Waals surface area contributed by atoms with Gasteiger partial charge >= 0.3 is 19.1 Å². The molecule has 9 rings (SSSR count). The second kappa shape index (κ2) is 16.0. The number of thioether (sulfide) groups is 1. The maximum Gasteiger partial charge on any atom is 0.812 e. The number of amidine groups is 1. The average molecular weight is 819 g/mol. The van der Waals surface area contributed by atoms with Crippen LogP contribution in [-0.2, 0) is 28.5 Å². The first kappa shape index (κ1) is 37.5. The summed E-state index contributed by atoms with van der Waals surface area (Å²) in [6, 6.07) is 34.5. The minimum Gasteiger partial charge on any atom is -0.521 e. The molecule has 0 fully saturated rings. The van der Waals surface area contributed by atoms with Gasteiger partial charge in [0, 0.05) is 22.3 Å². The van der Waals surface area contributed by atoms with Crippen molar-refractivity contribution in [2.24, 2.45) is 30.8 Å². The van der Waals surface area contributed by atoms with Gasteiger partial charge in [0.05, 0.1) is 9.82 Å². The van der Waals surface area contributed by atoms with Gasteiger partial charge in [-0.1, -0.05) is 133 Å². The van der Waals surface area contributed by atoms with Crippen molar-refractivity contribution in [3.8, 4) is 6.07 Å². The van der Waals surface area contributed by atoms with Crippen molar-refractivity contribution in [3.05, 3.63) is 159 Å². The topological polar surface area (TPSA) is 208 Å². The number of fused-ring (bicyclic) bond motifs is 9. The predicted molar refractivity (Wildman–Crippen MR) is 211 cm³/mol. The summed E-state index contributed by atoms with van der Waals surface area (Å²) in [6.45, 7) is 0. The van der Waals surface area contributed by atoms with Crippen LogP contribution < -0.4 is 5.48 Å². The van der Waals surface area contributed by atoms with Crippen molar-refractivity contribution in [1.82, 2.24) is 5.48 Å². The lowest BCUT2D eigenvalue weighted by Crippen LogP contribution is -2.48. The van der Waals surface area contributed by atoms with Crippen LogP contribution in [0, 0.1) is 21.4 Å². The van der Waals surface area contributed by atoms with E-state index in [1.54, 1.807) is 121 Å². The number of nitrogens with one attached hydrogen (secondary N) is 1. The molecule has 5 aromatic rings. The molecule has 4 aliphatic heterocycles. The average Bonchev–Trinajstić information content (AvgIpc) is 3.63. The zero-order chi connectivity index (χ0) is 40.1. The summed E-state index contributed by atoms with van der Waals surface area (Å²) in [7, 11) is -9.48. The van der Waals surface area contributed by atoms with Crippen molar-refractivity contribution in [2.45, 2.75) is 4.90 Å². The Morgan fingerprint density at radius 1 is 0.638 bits per heavy atom. The van der Waals surface area contributed by atoms with Gasteiger partial charge in [-0.2, -0.15) is 5.26 Å². The van der Waals surface area contributed by atoms with E-state index in [1.807, 2.05) is 6.07 Å². The quantitative estimate of drug-likeness (QED) is 0.108. The van der Waals surface area contributed by atoms with Crippen molar-refractivity contribution in [1.29, 1.82) is 5.26 Å². The Morgan fingerprint density at radius 3 is 1.43 bits per heavy atom. The third-order valence-corrected chi connectivity index (χ3v) is 10.2. The molecule has 0 saturated heterocycles. The van der Waals surface area contributed by atoms with Crippen LogP contribution in [0.2, 0.25) is 0 Å². The smallest absolute Gasteiger partial charge is 0.521 e. The van der Waals surface area contributed by atoms with E-state index in [1.165, 1.54) is 0 Å². The van der Waals surface area contributed by atoms with Crippen molar-refractivity contribution in [3.63, 3.8) is 0 Å². The van der Waals surface area contributed by atoms with Crippen LogP contribution in [0.1, 0.15) is 27.1 Å². The Hall–Kier alpha value is -7.41. The first-order valence-electron chi connectivity index (χ1n) is 16.8. The Labute approximate surface area is 333 Å². The lowest BCUT2D eigenvalue weighted by Gasteiger charge is -2.32. The highest BCUT2D eigenvalue weighted by atomic mass is 32.2. The Balaban J connectivity index is 1.38. The summed E-state index contributed by atoms with van der Waals surface area (Å²) in [5, 5.41) is 40.9. The highest BCUT2D eigenvalue weighted by Gasteiger charge is 2.45. The van der Waals surface area contributed by atoms with Crippen LogP contribution in [0.15, 0.2) is 157 Å². The normalized spacial score (nSPS) is 23.1. The van der Waals surface area contributed by atoms with E-state index < -0.39 is 34.9 Å². The fourth-order valence-electron chi connectivity index (χ4n) is 5.35. The van der Waals surface area contributed by atoms with E-state index in [0.717, 1.165) is 0 Å². The molecule has 17 nitrogen and oxygen atoms in total. The molecule has 0 amide bonds. The van der Waals surface area contributed by atoms with Gasteiger partial charge in [-0.25, -0.2) is 4.99 Å². The molecule has 0 saturated carbocycles. The number of oxime groups is 5. The molecule has 0 radical (unpaired) electrons. The molecule has 2 unspecified atom stereocenters. The SMILES string of the molecule is N#Cc1sc([N+](=O)[O-])c2c1S/C1=N/O[B-]3(F)ON=C(c4ccccc4)/C(c4ccccc4)=N\O[B-](F)(ON=C(c4ccccc4)/C(c4ccccc4)=N\O3)ONC1=N2. The lowest BCUT2D eigenvalue weighted by atomic mass is 10.00. The molecule has 288 valence electrons. The molecule has 1 N–H and O–H groups in total. The van der Waals surface area contributed by atoms with E-state index in [-0.39, 0.29) is 60.6 Å². The molecule has 5 heterocycles. The molecule has 58 heavy (non-hydrogen) atoms. The Morgan fingerprint density at radius 2 is 1.03 bits per heavy atom. The van der Waals surface area contributed by atoms with Crippen molar-refractivity contribution < 1.29 is 42.1 Å². The molecule has 1 aromatic heterocycles. The van der Waals surface area contributed by atoms with Crippen LogP contribution in [0.5, 0.6) is 0 Å². The molecule has 4 aliphatic rings. The van der Waals surface area contributed by atoms with Crippen LogP contribution in [0.25, 0.3) is 0 Å². The van der Waals surface area contributed by atoms with E-state index >= 15 is 8.63 Å². The van der Waals surface area contributed by atoms with Gasteiger partial charge in [0.2, 0.25) is 0 Å². The van der Waals surface area contributed by atoms with Crippen molar-refractivity contribution in [2.75, 3.05) is 0 Å². The minimum atomic E-state index is -4.75. The summed E-state index contributed by atoms with van der Waals surface area (Å²) >= 11 is 1.08. The summed E-state index contributed by atoms with van der Waals surface area (Å²) < 4.78 is 67.4. The fourth-order valence-corrected chi connectivity index (χ4v) is 7.25. The van der Waals surface area contributed by atoms with Gasteiger partial charge in [0.15, 0.2) is 16.6 Å². The molecular weight excluding hydrogens is 798 g/mol. The number of aliphatic imine (C=N–C) groups is 1. The van der Waals surface area contributed by atoms with Gasteiger partial charge in [-0.15, -0.1) is 25.8 Å². The number of benzene rings is 4. The monoisotopic (exact) mass is 819 g/mol. The van der Waals surface area contributed by atoms with Gasteiger partial charge in [-0.3, -0.25) is 15.6 Å². The van der Waals surface area contributed by atoms with Gasteiger partial charge in [0.25, 0.3) is 0 Å². The van der Waals surface area contributed by atoms with Crippen molar-refractivity contribution >= 4 is 81.6 Å². The van der Waals surface area contributed by atoms with Crippen LogP contribution >= 0.6 is 23.1 Å². The van der Waals surface area contributed by atoms with Gasteiger partial charge in [0.1, 0.15) is 33.8 Å². The zero-order valence-electron chi connectivity index (χ0n) is 29.1. The maximum absolute atomic E-state index is 17.4. The summed E-state index contributed by atoms with van der Waals surface area (Å²) in [5.41, 5.74) is 2.08. The fraction of sp³-hybridized carbons (Fsp3) is 0. The summed E-state index contributed by atoms with van der Waals surface area (Å²) in [6.07, 6.45) is 0. The molecule has 2 bridgehead atoms. The third-order valence-electron chi connectivity index (χ3n) is 7.99. The van der Waals surface area contributed by atoms with E-state index in [2.05, 4.69) is 36.3 Å². The summed E-state index contributed by atoms with van der Waals surface area (Å²) in [4.78, 5) is 15.2. The number of halogens is 2. The van der Waals surface area contributed by atoms with Gasteiger partial charge < -0.3 is 37.2 Å². The molecule has 0 aliphatic carbocycles. The van der Waals surface area contributed by atoms with E-state index in [9.17, 15) is 15.4 Å². The Bertz CT molecular complexity index is 2500. The highest BCUT2D eigenvalue weighted by Crippen LogP contribution is 2.49. The number of hydroxylamine groups is 1. The number of thiophene rings is 1. The third kappa shape index (κ3) is 7.82. The van der Waals surface area contributed by atoms with E-state index in [4.69, 9.17) is 28.5 Å². The maximum atomic E-state index is 17.4. The highest BCUT2D eigenvalue weighted by molar-refractivity contribution is 8.16. The van der Waals surface area contributed by atoms with Crippen LogP contribution in [0.4, 0.5) is 19.3 Å². The number of rotatable bonds is 5.